The summed E-state index contributed by atoms with van der Waals surface area (Å²) < 4.78 is 9.95. The molecule has 0 aromatic carbocycles. The molecule has 1 N–H and O–H groups in total. The average molecular weight is 324 g/mol. The van der Waals surface area contributed by atoms with Crippen LogP contribution in [0.15, 0.2) is 12.3 Å². The summed E-state index contributed by atoms with van der Waals surface area (Å²) in [6.07, 6.45) is 0.426. The lowest BCUT2D eigenvalue weighted by molar-refractivity contribution is 0.141. The number of hydrogen-bond acceptors (Lipinski definition) is 5. The topological polar surface area (TPSA) is 71.9 Å². The number of rotatable bonds is 2. The standard InChI is InChI=1S/C8H9IN2O4/c1-14-7-6(9)3-5(4-10-7)11(13)8(12)15-2/h3-4,13H,1-2H3. The monoisotopic (exact) mass is 324 g/mol. The molecule has 0 atom stereocenters. The van der Waals surface area contributed by atoms with Gasteiger partial charge >= 0.3 is 6.09 Å². The molecule has 0 aliphatic carbocycles. The number of ether oxygens (including phenoxy) is 2. The highest BCUT2D eigenvalue weighted by atomic mass is 127. The molecule has 0 saturated heterocycles. The van der Waals surface area contributed by atoms with Crippen molar-refractivity contribution in [2.24, 2.45) is 0 Å². The lowest BCUT2D eigenvalue weighted by atomic mass is 10.4. The molecule has 0 saturated carbocycles. The summed E-state index contributed by atoms with van der Waals surface area (Å²) in [5.41, 5.74) is 0.215. The molecule has 1 heterocycles. The maximum absolute atomic E-state index is 11.0. The molecule has 1 aromatic heterocycles. The van der Waals surface area contributed by atoms with Gasteiger partial charge in [0.05, 0.1) is 29.7 Å². The number of aromatic nitrogens is 1. The van der Waals surface area contributed by atoms with Crippen LogP contribution in [-0.2, 0) is 4.74 Å². The molecule has 0 fully saturated rings. The van der Waals surface area contributed by atoms with E-state index in [1.54, 1.807) is 6.07 Å². The van der Waals surface area contributed by atoms with Gasteiger partial charge in [-0.25, -0.2) is 9.78 Å². The van der Waals surface area contributed by atoms with Crippen molar-refractivity contribution in [2.45, 2.75) is 0 Å². The highest BCUT2D eigenvalue weighted by molar-refractivity contribution is 14.1. The van der Waals surface area contributed by atoms with Gasteiger partial charge in [-0.05, 0) is 28.7 Å². The van der Waals surface area contributed by atoms with Gasteiger partial charge in [0.1, 0.15) is 0 Å². The Morgan fingerprint density at radius 3 is 2.73 bits per heavy atom. The number of halogens is 1. The first-order valence-corrected chi connectivity index (χ1v) is 4.94. The molecular weight excluding hydrogens is 315 g/mol. The van der Waals surface area contributed by atoms with E-state index in [9.17, 15) is 10.0 Å². The van der Waals surface area contributed by atoms with E-state index >= 15 is 0 Å². The molecule has 0 bridgehead atoms. The summed E-state index contributed by atoms with van der Waals surface area (Å²) in [4.78, 5) is 14.9. The van der Waals surface area contributed by atoms with Crippen LogP contribution in [0.3, 0.4) is 0 Å². The Bertz CT molecular complexity index is 372. The first-order chi connectivity index (χ1) is 7.10. The molecule has 0 aliphatic heterocycles. The normalized spacial score (nSPS) is 9.60. The molecule has 0 aliphatic rings. The van der Waals surface area contributed by atoms with Crippen LogP contribution >= 0.6 is 22.6 Å². The van der Waals surface area contributed by atoms with E-state index in [1.807, 2.05) is 22.6 Å². The van der Waals surface area contributed by atoms with Gasteiger partial charge in [-0.3, -0.25) is 5.21 Å². The number of carbonyl (C=O) groups excluding carboxylic acids is 1. The quantitative estimate of drug-likeness (QED) is 0.509. The van der Waals surface area contributed by atoms with Crippen LogP contribution in [0.4, 0.5) is 10.5 Å². The molecule has 0 spiro atoms. The number of hydrogen-bond donors (Lipinski definition) is 1. The molecule has 1 rings (SSSR count). The molecule has 0 radical (unpaired) electrons. The van der Waals surface area contributed by atoms with Crippen molar-refractivity contribution >= 4 is 34.4 Å². The first-order valence-electron chi connectivity index (χ1n) is 3.86. The van der Waals surface area contributed by atoms with Gasteiger partial charge in [-0.1, -0.05) is 0 Å². The van der Waals surface area contributed by atoms with E-state index in [0.29, 0.717) is 14.5 Å². The molecule has 15 heavy (non-hydrogen) atoms. The van der Waals surface area contributed by atoms with E-state index in [0.717, 1.165) is 0 Å². The minimum absolute atomic E-state index is 0.215. The van der Waals surface area contributed by atoms with Gasteiger partial charge in [0.2, 0.25) is 5.88 Å². The van der Waals surface area contributed by atoms with Crippen molar-refractivity contribution in [3.8, 4) is 5.88 Å². The lowest BCUT2D eigenvalue weighted by Crippen LogP contribution is -2.26. The second kappa shape index (κ2) is 5.12. The highest BCUT2D eigenvalue weighted by Crippen LogP contribution is 2.22. The SMILES string of the molecule is COC(=O)N(O)c1cnc(OC)c(I)c1. The fourth-order valence-corrected chi connectivity index (χ4v) is 1.55. The van der Waals surface area contributed by atoms with Gasteiger partial charge in [-0.15, -0.1) is 0 Å². The third-order valence-corrected chi connectivity index (χ3v) is 2.35. The molecule has 82 valence electrons. The predicted molar refractivity (Wildman–Crippen MR) is 60.2 cm³/mol. The van der Waals surface area contributed by atoms with Gasteiger partial charge in [-0.2, -0.15) is 5.06 Å². The second-order valence-corrected chi connectivity index (χ2v) is 3.63. The molecule has 7 heteroatoms. The zero-order valence-electron chi connectivity index (χ0n) is 8.10. The Balaban J connectivity index is 2.97. The Kier molecular flexibility index (Phi) is 4.09. The number of methoxy groups -OCH3 is 2. The smallest absolute Gasteiger partial charge is 0.438 e. The summed E-state index contributed by atoms with van der Waals surface area (Å²) in [6.45, 7) is 0. The first kappa shape index (κ1) is 12.0. The highest BCUT2D eigenvalue weighted by Gasteiger charge is 2.15. The zero-order valence-corrected chi connectivity index (χ0v) is 10.3. The van der Waals surface area contributed by atoms with Crippen molar-refractivity contribution < 1.29 is 19.5 Å². The number of nitrogens with zero attached hydrogens (tertiary/aromatic N) is 2. The van der Waals surface area contributed by atoms with E-state index in [4.69, 9.17) is 4.74 Å². The van der Waals surface area contributed by atoms with Crippen LogP contribution < -0.4 is 9.80 Å². The van der Waals surface area contributed by atoms with E-state index in [1.165, 1.54) is 20.4 Å². The van der Waals surface area contributed by atoms with Crippen molar-refractivity contribution in [1.29, 1.82) is 0 Å². The molecule has 6 nitrogen and oxygen atoms in total. The summed E-state index contributed by atoms with van der Waals surface area (Å²) in [5.74, 6) is 0.428. The van der Waals surface area contributed by atoms with Crippen molar-refractivity contribution in [1.82, 2.24) is 4.98 Å². The van der Waals surface area contributed by atoms with Gasteiger partial charge in [0.25, 0.3) is 0 Å². The largest absolute Gasteiger partial charge is 0.480 e. The number of amides is 1. The average Bonchev–Trinajstić information content (AvgIpc) is 2.26. The van der Waals surface area contributed by atoms with Crippen LogP contribution in [0.1, 0.15) is 0 Å². The fraction of sp³-hybridized carbons (Fsp3) is 0.250. The minimum atomic E-state index is -0.877. The lowest BCUT2D eigenvalue weighted by Gasteiger charge is -2.13. The minimum Gasteiger partial charge on any atom is -0.480 e. The van der Waals surface area contributed by atoms with Crippen LogP contribution in [0.25, 0.3) is 0 Å². The van der Waals surface area contributed by atoms with Crippen LogP contribution in [0, 0.1) is 3.57 Å². The molecule has 1 amide bonds. The maximum Gasteiger partial charge on any atom is 0.438 e. The Hall–Kier alpha value is -1.09. The number of carbonyl (C=O) groups is 1. The second-order valence-electron chi connectivity index (χ2n) is 2.47. The maximum atomic E-state index is 11.0. The van der Waals surface area contributed by atoms with Crippen molar-refractivity contribution in [3.63, 3.8) is 0 Å². The zero-order chi connectivity index (χ0) is 11.4. The van der Waals surface area contributed by atoms with Crippen molar-refractivity contribution in [2.75, 3.05) is 19.3 Å². The van der Waals surface area contributed by atoms with E-state index < -0.39 is 6.09 Å². The fourth-order valence-electron chi connectivity index (χ4n) is 0.873. The molecular formula is C8H9IN2O4. The molecule has 1 aromatic rings. The Labute approximate surface area is 99.9 Å². The van der Waals surface area contributed by atoms with Crippen LogP contribution in [0.5, 0.6) is 5.88 Å². The van der Waals surface area contributed by atoms with E-state index in [2.05, 4.69) is 9.72 Å². The Morgan fingerprint density at radius 2 is 2.27 bits per heavy atom. The summed E-state index contributed by atoms with van der Waals surface area (Å²) in [6, 6.07) is 1.54. The predicted octanol–water partition coefficient (Wildman–Crippen LogP) is 1.66. The summed E-state index contributed by atoms with van der Waals surface area (Å²) in [7, 11) is 2.66. The molecule has 0 unspecified atom stereocenters. The summed E-state index contributed by atoms with van der Waals surface area (Å²) >= 11 is 1.98. The number of pyridine rings is 1. The van der Waals surface area contributed by atoms with Crippen LogP contribution in [0.2, 0.25) is 0 Å². The number of hydroxylamine groups is 1. The van der Waals surface area contributed by atoms with Crippen molar-refractivity contribution in [3.05, 3.63) is 15.8 Å². The van der Waals surface area contributed by atoms with Crippen LogP contribution in [-0.4, -0.2) is 30.5 Å². The third-order valence-electron chi connectivity index (χ3n) is 1.58. The van der Waals surface area contributed by atoms with Gasteiger partial charge < -0.3 is 9.47 Å². The van der Waals surface area contributed by atoms with E-state index in [-0.39, 0.29) is 5.69 Å². The Morgan fingerprint density at radius 1 is 1.60 bits per heavy atom. The van der Waals surface area contributed by atoms with Gasteiger partial charge in [0, 0.05) is 0 Å². The number of anilines is 1. The third kappa shape index (κ3) is 2.69. The summed E-state index contributed by atoms with van der Waals surface area (Å²) in [5, 5.41) is 9.72. The van der Waals surface area contributed by atoms with Gasteiger partial charge in [0.15, 0.2) is 0 Å².